The van der Waals surface area contributed by atoms with Crippen molar-refractivity contribution in [3.05, 3.63) is 35.6 Å². The van der Waals surface area contributed by atoms with Crippen LogP contribution in [0.15, 0.2) is 28.7 Å². The molecule has 0 spiro atoms. The number of fused-ring (bicyclic) bond motifs is 1. The molecule has 1 aromatic carbocycles. The number of benzene rings is 1. The third-order valence-electron chi connectivity index (χ3n) is 1.90. The van der Waals surface area contributed by atoms with Crippen LogP contribution in [0.25, 0.3) is 11.0 Å². The zero-order valence-corrected chi connectivity index (χ0v) is 7.07. The first-order valence-electron chi connectivity index (χ1n) is 3.91. The van der Waals surface area contributed by atoms with Crippen molar-refractivity contribution in [3.8, 4) is 0 Å². The van der Waals surface area contributed by atoms with Gasteiger partial charge in [-0.3, -0.25) is 0 Å². The van der Waals surface area contributed by atoms with Crippen molar-refractivity contribution in [1.82, 2.24) is 0 Å². The standard InChI is InChI=1S/C10H8O3/c1-6-5-7-3-2-4-8(10(11)12)9(7)13-6/h2-5H,1H3,(H,11,12). The van der Waals surface area contributed by atoms with Gasteiger partial charge in [-0.1, -0.05) is 12.1 Å². The number of rotatable bonds is 1. The predicted octanol–water partition coefficient (Wildman–Crippen LogP) is 2.44. The molecule has 2 rings (SSSR count). The molecule has 2 aromatic rings. The molecule has 13 heavy (non-hydrogen) atoms. The summed E-state index contributed by atoms with van der Waals surface area (Å²) in [4.78, 5) is 10.8. The number of carboxylic acids is 1. The van der Waals surface area contributed by atoms with Gasteiger partial charge in [-0.25, -0.2) is 4.79 Å². The van der Waals surface area contributed by atoms with E-state index in [9.17, 15) is 4.79 Å². The minimum absolute atomic E-state index is 0.214. The minimum atomic E-state index is -0.958. The molecule has 0 saturated carbocycles. The van der Waals surface area contributed by atoms with Crippen LogP contribution in [0, 0.1) is 6.92 Å². The maximum Gasteiger partial charge on any atom is 0.339 e. The fraction of sp³-hybridized carbons (Fsp3) is 0.100. The quantitative estimate of drug-likeness (QED) is 0.725. The van der Waals surface area contributed by atoms with Gasteiger partial charge in [0.05, 0.1) is 0 Å². The van der Waals surface area contributed by atoms with Crippen molar-refractivity contribution in [2.24, 2.45) is 0 Å². The van der Waals surface area contributed by atoms with Crippen molar-refractivity contribution in [1.29, 1.82) is 0 Å². The Labute approximate surface area is 74.6 Å². The summed E-state index contributed by atoms with van der Waals surface area (Å²) >= 11 is 0. The molecule has 0 aliphatic carbocycles. The minimum Gasteiger partial charge on any atom is -0.478 e. The summed E-state index contributed by atoms with van der Waals surface area (Å²) in [5.41, 5.74) is 0.665. The van der Waals surface area contributed by atoms with Gasteiger partial charge < -0.3 is 9.52 Å². The molecule has 0 aliphatic rings. The molecular weight excluding hydrogens is 168 g/mol. The molecule has 0 aliphatic heterocycles. The first-order chi connectivity index (χ1) is 6.18. The topological polar surface area (TPSA) is 50.4 Å². The number of hydrogen-bond acceptors (Lipinski definition) is 2. The van der Waals surface area contributed by atoms with E-state index in [-0.39, 0.29) is 5.56 Å². The predicted molar refractivity (Wildman–Crippen MR) is 47.9 cm³/mol. The molecule has 0 radical (unpaired) electrons. The highest BCUT2D eigenvalue weighted by atomic mass is 16.4. The zero-order chi connectivity index (χ0) is 9.42. The lowest BCUT2D eigenvalue weighted by molar-refractivity contribution is 0.0698. The van der Waals surface area contributed by atoms with Gasteiger partial charge >= 0.3 is 5.97 Å². The molecule has 0 bridgehead atoms. The lowest BCUT2D eigenvalue weighted by Gasteiger charge is -1.93. The molecule has 1 heterocycles. The fourth-order valence-corrected chi connectivity index (χ4v) is 1.36. The van der Waals surface area contributed by atoms with Gasteiger partial charge in [0.25, 0.3) is 0 Å². The molecule has 0 atom stereocenters. The zero-order valence-electron chi connectivity index (χ0n) is 7.07. The van der Waals surface area contributed by atoms with Gasteiger partial charge in [-0.05, 0) is 19.1 Å². The Balaban J connectivity index is 2.82. The monoisotopic (exact) mass is 176 g/mol. The Morgan fingerprint density at radius 3 is 2.92 bits per heavy atom. The van der Waals surface area contributed by atoms with E-state index in [2.05, 4.69) is 0 Å². The largest absolute Gasteiger partial charge is 0.478 e. The molecule has 0 unspecified atom stereocenters. The second-order valence-corrected chi connectivity index (χ2v) is 2.89. The average Bonchev–Trinajstić information content (AvgIpc) is 2.43. The van der Waals surface area contributed by atoms with Crippen molar-refractivity contribution >= 4 is 16.9 Å². The van der Waals surface area contributed by atoms with E-state index in [1.165, 1.54) is 6.07 Å². The second-order valence-electron chi connectivity index (χ2n) is 2.89. The smallest absolute Gasteiger partial charge is 0.339 e. The Bertz CT molecular complexity index is 468. The highest BCUT2D eigenvalue weighted by molar-refractivity contribution is 6.01. The van der Waals surface area contributed by atoms with E-state index >= 15 is 0 Å². The summed E-state index contributed by atoms with van der Waals surface area (Å²) < 4.78 is 5.28. The second kappa shape index (κ2) is 2.62. The number of hydrogen-bond donors (Lipinski definition) is 1. The van der Waals surface area contributed by atoms with Crippen molar-refractivity contribution in [2.45, 2.75) is 6.92 Å². The molecule has 1 aromatic heterocycles. The van der Waals surface area contributed by atoms with Crippen LogP contribution in [0.2, 0.25) is 0 Å². The van der Waals surface area contributed by atoms with Gasteiger partial charge in [0.1, 0.15) is 16.9 Å². The third kappa shape index (κ3) is 1.18. The van der Waals surface area contributed by atoms with Crippen molar-refractivity contribution < 1.29 is 14.3 Å². The van der Waals surface area contributed by atoms with Gasteiger partial charge in [-0.15, -0.1) is 0 Å². The van der Waals surface area contributed by atoms with Crippen molar-refractivity contribution in [3.63, 3.8) is 0 Å². The van der Waals surface area contributed by atoms with Crippen LogP contribution >= 0.6 is 0 Å². The van der Waals surface area contributed by atoms with E-state index in [1.807, 2.05) is 12.1 Å². The number of carboxylic acid groups (broad SMARTS) is 1. The lowest BCUT2D eigenvalue weighted by atomic mass is 10.1. The van der Waals surface area contributed by atoms with Crippen LogP contribution in [0.5, 0.6) is 0 Å². The van der Waals surface area contributed by atoms with Gasteiger partial charge in [0.15, 0.2) is 0 Å². The molecule has 0 amide bonds. The summed E-state index contributed by atoms with van der Waals surface area (Å²) in [5.74, 6) is -0.233. The Kier molecular flexibility index (Phi) is 1.59. The Morgan fingerprint density at radius 2 is 2.23 bits per heavy atom. The molecule has 3 heteroatoms. The molecule has 66 valence electrons. The van der Waals surface area contributed by atoms with Crippen molar-refractivity contribution in [2.75, 3.05) is 0 Å². The molecule has 0 saturated heterocycles. The van der Waals surface area contributed by atoms with Gasteiger partial charge in [-0.2, -0.15) is 0 Å². The summed E-state index contributed by atoms with van der Waals surface area (Å²) in [7, 11) is 0. The van der Waals surface area contributed by atoms with E-state index in [0.717, 1.165) is 11.1 Å². The first kappa shape index (κ1) is 7.86. The average molecular weight is 176 g/mol. The van der Waals surface area contributed by atoms with Gasteiger partial charge in [0, 0.05) is 5.39 Å². The Morgan fingerprint density at radius 1 is 1.46 bits per heavy atom. The SMILES string of the molecule is Cc1cc2cccc(C(=O)O)c2o1. The number of furan rings is 1. The summed E-state index contributed by atoms with van der Waals surface area (Å²) in [6, 6.07) is 6.90. The van der Waals surface area contributed by atoms with E-state index in [0.29, 0.717) is 5.58 Å². The highest BCUT2D eigenvalue weighted by Crippen LogP contribution is 2.22. The maximum absolute atomic E-state index is 10.8. The van der Waals surface area contributed by atoms with E-state index < -0.39 is 5.97 Å². The van der Waals surface area contributed by atoms with Crippen LogP contribution < -0.4 is 0 Å². The summed E-state index contributed by atoms with van der Waals surface area (Å²) in [5, 5.41) is 9.66. The molecular formula is C10H8O3. The Hall–Kier alpha value is -1.77. The van der Waals surface area contributed by atoms with Crippen LogP contribution in [0.3, 0.4) is 0 Å². The fourth-order valence-electron chi connectivity index (χ4n) is 1.36. The van der Waals surface area contributed by atoms with Gasteiger partial charge in [0.2, 0.25) is 0 Å². The van der Waals surface area contributed by atoms with Crippen LogP contribution in [-0.2, 0) is 0 Å². The van der Waals surface area contributed by atoms with Crippen LogP contribution in [-0.4, -0.2) is 11.1 Å². The summed E-state index contributed by atoms with van der Waals surface area (Å²) in [6.45, 7) is 1.80. The summed E-state index contributed by atoms with van der Waals surface area (Å²) in [6.07, 6.45) is 0. The molecule has 1 N–H and O–H groups in total. The normalized spacial score (nSPS) is 10.5. The third-order valence-corrected chi connectivity index (χ3v) is 1.90. The first-order valence-corrected chi connectivity index (χ1v) is 3.91. The number of carbonyl (C=O) groups is 1. The van der Waals surface area contributed by atoms with E-state index in [4.69, 9.17) is 9.52 Å². The van der Waals surface area contributed by atoms with Crippen LogP contribution in [0.4, 0.5) is 0 Å². The molecule has 3 nitrogen and oxygen atoms in total. The maximum atomic E-state index is 10.8. The lowest BCUT2D eigenvalue weighted by Crippen LogP contribution is -1.95. The number of aromatic carboxylic acids is 1. The van der Waals surface area contributed by atoms with Crippen LogP contribution in [0.1, 0.15) is 16.1 Å². The number of para-hydroxylation sites is 1. The highest BCUT2D eigenvalue weighted by Gasteiger charge is 2.11. The molecule has 0 fully saturated rings. The van der Waals surface area contributed by atoms with E-state index in [1.54, 1.807) is 13.0 Å². The number of aryl methyl sites for hydroxylation is 1.